The van der Waals surface area contributed by atoms with Gasteiger partial charge >= 0.3 is 0 Å². The first kappa shape index (κ1) is 24.1. The van der Waals surface area contributed by atoms with Gasteiger partial charge < -0.3 is 20.7 Å². The highest BCUT2D eigenvalue weighted by molar-refractivity contribution is 6.31. The Morgan fingerprint density at radius 1 is 1.31 bits per heavy atom. The molecule has 9 heteroatoms. The van der Waals surface area contributed by atoms with Crippen LogP contribution in [-0.2, 0) is 9.59 Å². The zero-order valence-corrected chi connectivity index (χ0v) is 20.5. The van der Waals surface area contributed by atoms with Crippen LogP contribution in [0.3, 0.4) is 0 Å². The molecule has 2 saturated heterocycles. The van der Waals surface area contributed by atoms with Crippen molar-refractivity contribution in [1.82, 2.24) is 20.5 Å². The van der Waals surface area contributed by atoms with Crippen molar-refractivity contribution in [2.45, 2.75) is 69.7 Å². The van der Waals surface area contributed by atoms with Gasteiger partial charge in [0.1, 0.15) is 12.3 Å². The van der Waals surface area contributed by atoms with Crippen LogP contribution in [-0.4, -0.2) is 52.0 Å². The number of aromatic nitrogens is 1. The summed E-state index contributed by atoms with van der Waals surface area (Å²) in [4.78, 5) is 30.6. The van der Waals surface area contributed by atoms with Crippen LogP contribution in [0, 0.1) is 22.7 Å². The second-order valence-electron chi connectivity index (χ2n) is 10.5. The minimum Gasteiger partial charge on any atom is -0.372 e. The molecular formula is C26H32ClN5O3. The topological polar surface area (TPSA) is 121 Å². The predicted octanol–water partition coefficient (Wildman–Crippen LogP) is 3.37. The van der Waals surface area contributed by atoms with Crippen molar-refractivity contribution in [3.63, 3.8) is 0 Å². The number of aliphatic hydroxyl groups is 1. The van der Waals surface area contributed by atoms with Crippen LogP contribution in [0.15, 0.2) is 24.3 Å². The van der Waals surface area contributed by atoms with Crippen molar-refractivity contribution in [2.24, 2.45) is 11.3 Å². The minimum absolute atomic E-state index is 0.00988. The average molecular weight is 498 g/mol. The summed E-state index contributed by atoms with van der Waals surface area (Å²) in [5.41, 5.74) is 1.44. The molecule has 4 unspecified atom stereocenters. The summed E-state index contributed by atoms with van der Waals surface area (Å²) in [6.07, 6.45) is 6.17. The van der Waals surface area contributed by atoms with Crippen LogP contribution >= 0.6 is 11.6 Å². The molecule has 1 spiro atoms. The van der Waals surface area contributed by atoms with Crippen molar-refractivity contribution >= 4 is 34.3 Å². The van der Waals surface area contributed by atoms with Gasteiger partial charge in [0.2, 0.25) is 11.8 Å². The van der Waals surface area contributed by atoms with Gasteiger partial charge in [0, 0.05) is 29.5 Å². The molecule has 4 atom stereocenters. The zero-order valence-electron chi connectivity index (χ0n) is 19.7. The number of hydrogen-bond donors (Lipinski definition) is 4. The summed E-state index contributed by atoms with van der Waals surface area (Å²) in [7, 11) is 0. The predicted molar refractivity (Wildman–Crippen MR) is 132 cm³/mol. The van der Waals surface area contributed by atoms with Crippen LogP contribution in [0.25, 0.3) is 10.9 Å². The molecule has 2 aromatic rings. The Bertz CT molecular complexity index is 1150. The van der Waals surface area contributed by atoms with Crippen LogP contribution in [0.2, 0.25) is 5.02 Å². The molecule has 3 aliphatic rings. The van der Waals surface area contributed by atoms with Crippen LogP contribution in [0.5, 0.6) is 0 Å². The number of benzene rings is 1. The first-order valence-electron chi connectivity index (χ1n) is 12.6. The lowest BCUT2D eigenvalue weighted by atomic mass is 9.72. The van der Waals surface area contributed by atoms with E-state index in [1.807, 2.05) is 29.2 Å². The number of aliphatic hydroxyl groups excluding tert-OH is 1. The fourth-order valence-corrected chi connectivity index (χ4v) is 6.43. The van der Waals surface area contributed by atoms with Crippen LogP contribution < -0.4 is 10.6 Å². The lowest BCUT2D eigenvalue weighted by Crippen LogP contribution is -2.48. The van der Waals surface area contributed by atoms with E-state index in [2.05, 4.69) is 21.7 Å². The molecule has 2 amide bonds. The van der Waals surface area contributed by atoms with Gasteiger partial charge in [-0.2, -0.15) is 5.26 Å². The number of fused-ring (bicyclic) bond motifs is 1. The van der Waals surface area contributed by atoms with Crippen LogP contribution in [0.4, 0.5) is 0 Å². The van der Waals surface area contributed by atoms with Gasteiger partial charge in [-0.1, -0.05) is 36.9 Å². The number of carbonyl (C=O) groups is 2. The molecule has 1 saturated carbocycles. The van der Waals surface area contributed by atoms with Gasteiger partial charge in [-0.15, -0.1) is 0 Å². The maximum Gasteiger partial charge on any atom is 0.238 e. The van der Waals surface area contributed by atoms with E-state index in [0.717, 1.165) is 36.6 Å². The van der Waals surface area contributed by atoms with E-state index in [9.17, 15) is 20.0 Å². The van der Waals surface area contributed by atoms with Crippen molar-refractivity contribution in [1.29, 1.82) is 5.26 Å². The number of likely N-dealkylation sites (tertiary alicyclic amines) is 1. The van der Waals surface area contributed by atoms with Gasteiger partial charge in [-0.05, 0) is 61.1 Å². The number of amides is 2. The molecular weight excluding hydrogens is 466 g/mol. The summed E-state index contributed by atoms with van der Waals surface area (Å²) < 4.78 is 0. The van der Waals surface area contributed by atoms with Crippen molar-refractivity contribution in [3.8, 4) is 6.07 Å². The highest BCUT2D eigenvalue weighted by atomic mass is 35.5. The Morgan fingerprint density at radius 2 is 2.11 bits per heavy atom. The lowest BCUT2D eigenvalue weighted by Gasteiger charge is -2.34. The molecule has 3 heterocycles. The molecule has 5 rings (SSSR count). The highest BCUT2D eigenvalue weighted by Gasteiger charge is 2.49. The van der Waals surface area contributed by atoms with Gasteiger partial charge in [-0.25, -0.2) is 0 Å². The standard InChI is InChI=1S/C26H32ClN5O3/c27-18-5-4-16-11-21(31-20(16)12-18)25(35)32-15-26(7-2-1-3-8-26)13-22(32)24(34)30-19(14-28)10-17-6-9-29-23(17)33/h4-5,11-12,17,19,22,25,31,35H,1-3,6-10,13,15H2,(H,29,33)(H,30,34). The normalized spacial score (nSPS) is 25.9. The Balaban J connectivity index is 1.37. The number of rotatable bonds is 6. The third-order valence-corrected chi connectivity index (χ3v) is 8.35. The largest absolute Gasteiger partial charge is 0.372 e. The summed E-state index contributed by atoms with van der Waals surface area (Å²) in [5, 5.41) is 28.4. The van der Waals surface area contributed by atoms with E-state index in [4.69, 9.17) is 11.6 Å². The highest BCUT2D eigenvalue weighted by Crippen LogP contribution is 2.48. The molecule has 1 aromatic carbocycles. The maximum absolute atomic E-state index is 13.5. The fourth-order valence-electron chi connectivity index (χ4n) is 6.26. The van der Waals surface area contributed by atoms with E-state index in [0.29, 0.717) is 43.1 Å². The molecule has 3 fully saturated rings. The quantitative estimate of drug-likeness (QED) is 0.487. The number of nitrogens with one attached hydrogen (secondary N) is 3. The summed E-state index contributed by atoms with van der Waals surface area (Å²) >= 11 is 6.13. The molecule has 8 nitrogen and oxygen atoms in total. The van der Waals surface area contributed by atoms with E-state index >= 15 is 0 Å². The van der Waals surface area contributed by atoms with Gasteiger partial charge in [0.15, 0.2) is 0 Å². The monoisotopic (exact) mass is 497 g/mol. The summed E-state index contributed by atoms with van der Waals surface area (Å²) in [6.45, 7) is 1.24. The second kappa shape index (κ2) is 9.81. The smallest absolute Gasteiger partial charge is 0.238 e. The number of halogens is 1. The average Bonchev–Trinajstić information content (AvgIpc) is 3.56. The molecule has 1 aromatic heterocycles. The number of H-pyrrole nitrogens is 1. The molecule has 186 valence electrons. The zero-order chi connectivity index (χ0) is 24.6. The van der Waals surface area contributed by atoms with Crippen molar-refractivity contribution < 1.29 is 14.7 Å². The molecule has 0 bridgehead atoms. The molecule has 1 aliphatic carbocycles. The number of nitriles is 1. The molecule has 4 N–H and O–H groups in total. The maximum atomic E-state index is 13.5. The first-order valence-corrected chi connectivity index (χ1v) is 12.9. The minimum atomic E-state index is -0.987. The van der Waals surface area contributed by atoms with Gasteiger partial charge in [-0.3, -0.25) is 14.5 Å². The SMILES string of the molecule is N#CC(CC1CCNC1=O)NC(=O)C1CC2(CCCCC2)CN1C(O)c1cc2ccc(Cl)cc2[nH]1. The molecule has 2 aliphatic heterocycles. The van der Waals surface area contributed by atoms with Crippen LogP contribution in [0.1, 0.15) is 63.3 Å². The van der Waals surface area contributed by atoms with E-state index in [1.54, 1.807) is 0 Å². The Morgan fingerprint density at radius 3 is 2.83 bits per heavy atom. The van der Waals surface area contributed by atoms with Gasteiger partial charge in [0.05, 0.1) is 17.8 Å². The summed E-state index contributed by atoms with van der Waals surface area (Å²) in [6, 6.07) is 8.30. The summed E-state index contributed by atoms with van der Waals surface area (Å²) in [5.74, 6) is -0.568. The second-order valence-corrected chi connectivity index (χ2v) is 10.9. The third kappa shape index (κ3) is 4.90. The number of aromatic amines is 1. The van der Waals surface area contributed by atoms with E-state index < -0.39 is 18.3 Å². The lowest BCUT2D eigenvalue weighted by molar-refractivity contribution is -0.130. The Hall–Kier alpha value is -2.60. The number of carbonyl (C=O) groups excluding carboxylic acids is 2. The fraction of sp³-hybridized carbons (Fsp3) is 0.577. The Labute approximate surface area is 210 Å². The van der Waals surface area contributed by atoms with E-state index in [1.165, 1.54) is 6.42 Å². The van der Waals surface area contributed by atoms with E-state index in [-0.39, 0.29) is 23.1 Å². The van der Waals surface area contributed by atoms with Crippen molar-refractivity contribution in [2.75, 3.05) is 13.1 Å². The first-order chi connectivity index (χ1) is 16.9. The Kier molecular flexibility index (Phi) is 6.75. The molecule has 35 heavy (non-hydrogen) atoms. The number of nitrogens with zero attached hydrogens (tertiary/aromatic N) is 2. The third-order valence-electron chi connectivity index (χ3n) is 8.11. The molecule has 0 radical (unpaired) electrons. The van der Waals surface area contributed by atoms with Gasteiger partial charge in [0.25, 0.3) is 0 Å². The number of hydrogen-bond acceptors (Lipinski definition) is 5. The van der Waals surface area contributed by atoms with Crippen molar-refractivity contribution in [3.05, 3.63) is 35.0 Å².